The van der Waals surface area contributed by atoms with Gasteiger partial charge >= 0.3 is 0 Å². The summed E-state index contributed by atoms with van der Waals surface area (Å²) in [5.74, 6) is 1.72. The van der Waals surface area contributed by atoms with Gasteiger partial charge in [-0.2, -0.15) is 0 Å². The molecular formula is C14H14ClN3O. The van der Waals surface area contributed by atoms with Crippen molar-refractivity contribution >= 4 is 17.4 Å². The van der Waals surface area contributed by atoms with E-state index in [9.17, 15) is 0 Å². The Bertz CT molecular complexity index is 549. The maximum Gasteiger partial charge on any atom is 0.147 e. The van der Waals surface area contributed by atoms with E-state index >= 15 is 0 Å². The van der Waals surface area contributed by atoms with Crippen LogP contribution in [0.1, 0.15) is 6.42 Å². The Labute approximate surface area is 117 Å². The molecule has 5 heteroatoms. The zero-order valence-corrected chi connectivity index (χ0v) is 11.1. The van der Waals surface area contributed by atoms with Crippen molar-refractivity contribution in [3.05, 3.63) is 47.9 Å². The lowest BCUT2D eigenvalue weighted by molar-refractivity contribution is 0.225. The fraction of sp³-hybridized carbons (Fsp3) is 0.286. The maximum atomic E-state index is 5.95. The number of aromatic nitrogens is 2. The zero-order chi connectivity index (χ0) is 13.1. The van der Waals surface area contributed by atoms with E-state index in [1.54, 1.807) is 18.6 Å². The molecular weight excluding hydrogens is 262 g/mol. The van der Waals surface area contributed by atoms with Gasteiger partial charge in [0.25, 0.3) is 0 Å². The fourth-order valence-electron chi connectivity index (χ4n) is 2.22. The number of anilines is 1. The third-order valence-corrected chi connectivity index (χ3v) is 3.35. The highest BCUT2D eigenvalue weighted by Crippen LogP contribution is 2.23. The highest BCUT2D eigenvalue weighted by molar-refractivity contribution is 6.30. The molecule has 1 unspecified atom stereocenters. The molecule has 0 saturated carbocycles. The van der Waals surface area contributed by atoms with Gasteiger partial charge in [-0.25, -0.2) is 4.98 Å². The molecule has 2 aromatic rings. The van der Waals surface area contributed by atoms with Crippen LogP contribution in [0.3, 0.4) is 0 Å². The van der Waals surface area contributed by atoms with Crippen molar-refractivity contribution in [3.8, 4) is 5.75 Å². The number of hydrogen-bond donors (Lipinski definition) is 0. The minimum absolute atomic E-state index is 0.167. The predicted octanol–water partition coefficient (Wildman–Crippen LogP) is 2.79. The van der Waals surface area contributed by atoms with Crippen LogP contribution in [0.4, 0.5) is 5.82 Å². The average molecular weight is 276 g/mol. The quantitative estimate of drug-likeness (QED) is 0.863. The van der Waals surface area contributed by atoms with E-state index in [1.807, 2.05) is 24.3 Å². The number of ether oxygens (including phenoxy) is 1. The number of halogens is 1. The number of rotatable bonds is 3. The summed E-state index contributed by atoms with van der Waals surface area (Å²) < 4.78 is 5.93. The standard InChI is InChI=1S/C14H14ClN3O/c15-11-2-1-3-12(8-11)19-13-4-7-18(10-13)14-9-16-5-6-17-14/h1-3,5-6,8-9,13H,4,7,10H2. The summed E-state index contributed by atoms with van der Waals surface area (Å²) in [6.07, 6.45) is 6.31. The molecule has 98 valence electrons. The molecule has 1 aromatic heterocycles. The van der Waals surface area contributed by atoms with Crippen LogP contribution in [-0.4, -0.2) is 29.2 Å². The Balaban J connectivity index is 1.63. The molecule has 3 rings (SSSR count). The Morgan fingerprint density at radius 2 is 2.26 bits per heavy atom. The van der Waals surface area contributed by atoms with Gasteiger partial charge in [0, 0.05) is 30.4 Å². The summed E-state index contributed by atoms with van der Waals surface area (Å²) >= 11 is 5.95. The van der Waals surface area contributed by atoms with Gasteiger partial charge in [0.1, 0.15) is 17.7 Å². The molecule has 1 aliphatic heterocycles. The molecule has 1 fully saturated rings. The van der Waals surface area contributed by atoms with E-state index in [0.29, 0.717) is 5.02 Å². The Hall–Kier alpha value is -1.81. The molecule has 0 bridgehead atoms. The van der Waals surface area contributed by atoms with Gasteiger partial charge in [-0.05, 0) is 18.2 Å². The van der Waals surface area contributed by atoms with Gasteiger partial charge in [0.15, 0.2) is 0 Å². The normalized spacial score (nSPS) is 18.6. The highest BCUT2D eigenvalue weighted by Gasteiger charge is 2.25. The molecule has 1 aromatic carbocycles. The van der Waals surface area contributed by atoms with E-state index in [2.05, 4.69) is 14.9 Å². The molecule has 4 nitrogen and oxygen atoms in total. The van der Waals surface area contributed by atoms with E-state index in [0.717, 1.165) is 31.1 Å². The van der Waals surface area contributed by atoms with E-state index < -0.39 is 0 Å². The van der Waals surface area contributed by atoms with E-state index in [1.165, 1.54) is 0 Å². The predicted molar refractivity (Wildman–Crippen MR) is 74.7 cm³/mol. The summed E-state index contributed by atoms with van der Waals surface area (Å²) in [5.41, 5.74) is 0. The van der Waals surface area contributed by atoms with Gasteiger partial charge < -0.3 is 9.64 Å². The van der Waals surface area contributed by atoms with Crippen LogP contribution < -0.4 is 9.64 Å². The first-order valence-electron chi connectivity index (χ1n) is 6.24. The molecule has 19 heavy (non-hydrogen) atoms. The monoisotopic (exact) mass is 275 g/mol. The van der Waals surface area contributed by atoms with Crippen LogP contribution in [0, 0.1) is 0 Å². The fourth-order valence-corrected chi connectivity index (χ4v) is 2.40. The second kappa shape index (κ2) is 5.45. The van der Waals surface area contributed by atoms with Crippen molar-refractivity contribution in [1.82, 2.24) is 9.97 Å². The molecule has 0 N–H and O–H groups in total. The SMILES string of the molecule is Clc1cccc(OC2CCN(c3cnccn3)C2)c1. The van der Waals surface area contributed by atoms with Crippen molar-refractivity contribution in [2.45, 2.75) is 12.5 Å². The second-order valence-electron chi connectivity index (χ2n) is 4.50. The van der Waals surface area contributed by atoms with E-state index in [4.69, 9.17) is 16.3 Å². The molecule has 0 amide bonds. The summed E-state index contributed by atoms with van der Waals surface area (Å²) in [6, 6.07) is 7.51. The minimum atomic E-state index is 0.167. The van der Waals surface area contributed by atoms with Crippen molar-refractivity contribution in [2.24, 2.45) is 0 Å². The zero-order valence-electron chi connectivity index (χ0n) is 10.4. The largest absolute Gasteiger partial charge is 0.488 e. The lowest BCUT2D eigenvalue weighted by atomic mass is 10.3. The minimum Gasteiger partial charge on any atom is -0.488 e. The number of hydrogen-bond acceptors (Lipinski definition) is 4. The van der Waals surface area contributed by atoms with E-state index in [-0.39, 0.29) is 6.10 Å². The van der Waals surface area contributed by atoms with Gasteiger partial charge in [0.05, 0.1) is 12.7 Å². The summed E-state index contributed by atoms with van der Waals surface area (Å²) in [4.78, 5) is 10.6. The van der Waals surface area contributed by atoms with Gasteiger partial charge in [-0.1, -0.05) is 17.7 Å². The first kappa shape index (κ1) is 12.2. The highest BCUT2D eigenvalue weighted by atomic mass is 35.5. The molecule has 1 saturated heterocycles. The molecule has 0 aliphatic carbocycles. The van der Waals surface area contributed by atoms with Crippen LogP contribution in [0.5, 0.6) is 5.75 Å². The third-order valence-electron chi connectivity index (χ3n) is 3.12. The molecule has 0 radical (unpaired) electrons. The van der Waals surface area contributed by atoms with Crippen molar-refractivity contribution in [1.29, 1.82) is 0 Å². The number of nitrogens with zero attached hydrogens (tertiary/aromatic N) is 3. The van der Waals surface area contributed by atoms with Crippen LogP contribution >= 0.6 is 11.6 Å². The average Bonchev–Trinajstić information content (AvgIpc) is 2.88. The van der Waals surface area contributed by atoms with Crippen molar-refractivity contribution < 1.29 is 4.74 Å². The van der Waals surface area contributed by atoms with Crippen LogP contribution in [0.2, 0.25) is 5.02 Å². The van der Waals surface area contributed by atoms with Gasteiger partial charge in [0.2, 0.25) is 0 Å². The lowest BCUT2D eigenvalue weighted by Crippen LogP contribution is -2.25. The Kier molecular flexibility index (Phi) is 3.51. The van der Waals surface area contributed by atoms with Crippen LogP contribution in [0.25, 0.3) is 0 Å². The summed E-state index contributed by atoms with van der Waals surface area (Å²) in [6.45, 7) is 1.76. The Morgan fingerprint density at radius 1 is 1.32 bits per heavy atom. The first-order valence-corrected chi connectivity index (χ1v) is 6.62. The van der Waals surface area contributed by atoms with Crippen molar-refractivity contribution in [2.75, 3.05) is 18.0 Å². The summed E-state index contributed by atoms with van der Waals surface area (Å²) in [7, 11) is 0. The van der Waals surface area contributed by atoms with Gasteiger partial charge in [-0.3, -0.25) is 4.98 Å². The maximum absolute atomic E-state index is 5.95. The number of benzene rings is 1. The van der Waals surface area contributed by atoms with Gasteiger partial charge in [-0.15, -0.1) is 0 Å². The smallest absolute Gasteiger partial charge is 0.147 e. The molecule has 0 spiro atoms. The lowest BCUT2D eigenvalue weighted by Gasteiger charge is -2.17. The topological polar surface area (TPSA) is 38.2 Å². The van der Waals surface area contributed by atoms with Crippen LogP contribution in [-0.2, 0) is 0 Å². The molecule has 2 heterocycles. The molecule has 1 aliphatic rings. The summed E-state index contributed by atoms with van der Waals surface area (Å²) in [5, 5.41) is 0.696. The second-order valence-corrected chi connectivity index (χ2v) is 4.93. The third kappa shape index (κ3) is 2.96. The first-order chi connectivity index (χ1) is 9.31. The molecule has 1 atom stereocenters. The van der Waals surface area contributed by atoms with Crippen molar-refractivity contribution in [3.63, 3.8) is 0 Å². The Morgan fingerprint density at radius 3 is 3.05 bits per heavy atom. The van der Waals surface area contributed by atoms with Crippen LogP contribution in [0.15, 0.2) is 42.9 Å².